The zero-order chi connectivity index (χ0) is 29.5. The number of hydrogen-bond acceptors (Lipinski definition) is 8. The first-order valence-corrected chi connectivity index (χ1v) is 16.7. The van der Waals surface area contributed by atoms with Gasteiger partial charge in [0.1, 0.15) is 23.7 Å². The number of pyridine rings is 1. The van der Waals surface area contributed by atoms with E-state index >= 15 is 0 Å². The van der Waals surface area contributed by atoms with Crippen LogP contribution in [-0.2, 0) is 16.2 Å². The van der Waals surface area contributed by atoms with Crippen LogP contribution in [0.1, 0.15) is 82.9 Å². The summed E-state index contributed by atoms with van der Waals surface area (Å²) >= 11 is 1.46. The van der Waals surface area contributed by atoms with Crippen molar-refractivity contribution >= 4 is 28.3 Å². The highest BCUT2D eigenvalue weighted by Crippen LogP contribution is 2.49. The molecule has 0 unspecified atom stereocenters. The van der Waals surface area contributed by atoms with Gasteiger partial charge in [-0.1, -0.05) is 11.3 Å². The largest absolute Gasteiger partial charge is 0.483 e. The third-order valence-electron chi connectivity index (χ3n) is 9.96. The van der Waals surface area contributed by atoms with Crippen molar-refractivity contribution < 1.29 is 14.3 Å². The molecular weight excluding hydrogens is 562 g/mol. The highest BCUT2D eigenvalue weighted by molar-refractivity contribution is 7.19. The van der Waals surface area contributed by atoms with Gasteiger partial charge in [-0.05, 0) is 89.4 Å². The summed E-state index contributed by atoms with van der Waals surface area (Å²) in [4.78, 5) is 40.1. The maximum atomic E-state index is 13.7. The second-order valence-electron chi connectivity index (χ2n) is 12.6. The number of amides is 2. The first kappa shape index (κ1) is 28.5. The Labute approximate surface area is 256 Å². The lowest BCUT2D eigenvalue weighted by molar-refractivity contribution is -0.138. The SMILES string of the molecule is CC(=O)Nc1nc2c(s1)-c1c(c(-c3cccnc3)nn1C1CCC(C(=O)N(C)C3CCC(N4CCCC4)CC3)CC1)OC2. The van der Waals surface area contributed by atoms with Gasteiger partial charge < -0.3 is 19.9 Å². The van der Waals surface area contributed by atoms with E-state index in [1.807, 2.05) is 25.4 Å². The quantitative estimate of drug-likeness (QED) is 0.396. The minimum atomic E-state index is -0.149. The fraction of sp³-hybridized carbons (Fsp3) is 0.594. The molecule has 0 bridgehead atoms. The summed E-state index contributed by atoms with van der Waals surface area (Å²) in [6.07, 6.45) is 14.3. The fourth-order valence-corrected chi connectivity index (χ4v) is 8.70. The second-order valence-corrected chi connectivity index (χ2v) is 13.6. The number of anilines is 1. The van der Waals surface area contributed by atoms with Crippen molar-refractivity contribution in [1.82, 2.24) is 29.5 Å². The van der Waals surface area contributed by atoms with Gasteiger partial charge in [-0.3, -0.25) is 19.3 Å². The van der Waals surface area contributed by atoms with Gasteiger partial charge >= 0.3 is 0 Å². The third kappa shape index (κ3) is 5.57. The van der Waals surface area contributed by atoms with Gasteiger partial charge in [-0.25, -0.2) is 4.98 Å². The van der Waals surface area contributed by atoms with Crippen molar-refractivity contribution in [3.8, 4) is 27.6 Å². The maximum absolute atomic E-state index is 13.7. The van der Waals surface area contributed by atoms with Gasteiger partial charge in [-0.15, -0.1) is 0 Å². The minimum absolute atomic E-state index is 0.0586. The lowest BCUT2D eigenvalue weighted by Crippen LogP contribution is -2.46. The van der Waals surface area contributed by atoms with E-state index in [1.165, 1.54) is 57.0 Å². The van der Waals surface area contributed by atoms with Crippen LogP contribution in [0.25, 0.3) is 21.8 Å². The molecule has 0 radical (unpaired) electrons. The summed E-state index contributed by atoms with van der Waals surface area (Å²) in [5, 5.41) is 8.51. The Balaban J connectivity index is 1.07. The molecule has 4 aliphatic rings. The molecule has 0 atom stereocenters. The summed E-state index contributed by atoms with van der Waals surface area (Å²) < 4.78 is 8.39. The Morgan fingerprint density at radius 2 is 1.79 bits per heavy atom. The van der Waals surface area contributed by atoms with Crippen molar-refractivity contribution in [2.24, 2.45) is 5.92 Å². The van der Waals surface area contributed by atoms with Gasteiger partial charge in [0.25, 0.3) is 0 Å². The van der Waals surface area contributed by atoms with E-state index in [0.717, 1.165) is 71.8 Å². The molecule has 3 fully saturated rings. The molecule has 2 saturated carbocycles. The van der Waals surface area contributed by atoms with E-state index in [2.05, 4.69) is 29.8 Å². The molecule has 3 aromatic heterocycles. The van der Waals surface area contributed by atoms with Crippen LogP contribution in [0, 0.1) is 5.92 Å². The average Bonchev–Trinajstić information content (AvgIpc) is 3.79. The summed E-state index contributed by atoms with van der Waals surface area (Å²) in [6, 6.07) is 5.13. The predicted octanol–water partition coefficient (Wildman–Crippen LogP) is 5.52. The van der Waals surface area contributed by atoms with E-state index in [0.29, 0.717) is 29.7 Å². The van der Waals surface area contributed by atoms with Gasteiger partial charge in [-0.2, -0.15) is 5.10 Å². The Morgan fingerprint density at radius 1 is 1.05 bits per heavy atom. The number of rotatable bonds is 6. The second kappa shape index (κ2) is 12.0. The normalized spacial score (nSPS) is 25.4. The number of aromatic nitrogens is 4. The minimum Gasteiger partial charge on any atom is -0.483 e. The number of thiazole rings is 1. The van der Waals surface area contributed by atoms with E-state index < -0.39 is 0 Å². The molecule has 0 aromatic carbocycles. The number of fused-ring (bicyclic) bond motifs is 3. The van der Waals surface area contributed by atoms with Crippen LogP contribution in [0.2, 0.25) is 0 Å². The molecule has 10 nitrogen and oxygen atoms in total. The Kier molecular flexibility index (Phi) is 7.94. The molecule has 1 N–H and O–H groups in total. The number of nitrogens with zero attached hydrogens (tertiary/aromatic N) is 6. The highest BCUT2D eigenvalue weighted by Gasteiger charge is 2.38. The van der Waals surface area contributed by atoms with Crippen LogP contribution in [0.4, 0.5) is 5.13 Å². The molecule has 0 spiro atoms. The molecular formula is C32H41N7O3S. The van der Waals surface area contributed by atoms with Crippen molar-refractivity contribution in [2.45, 2.75) is 95.9 Å². The summed E-state index contributed by atoms with van der Waals surface area (Å²) in [6.45, 7) is 4.32. The molecule has 5 heterocycles. The summed E-state index contributed by atoms with van der Waals surface area (Å²) in [5.41, 5.74) is 3.39. The van der Waals surface area contributed by atoms with Gasteiger partial charge in [0.05, 0.1) is 10.9 Å². The Hall–Kier alpha value is -3.31. The van der Waals surface area contributed by atoms with Gasteiger partial charge in [0, 0.05) is 49.9 Å². The maximum Gasteiger partial charge on any atom is 0.225 e. The van der Waals surface area contributed by atoms with Crippen molar-refractivity contribution in [2.75, 3.05) is 25.5 Å². The molecule has 11 heteroatoms. The standard InChI is InChI=1S/C32H41N7O3S/c1-20(40)34-32-35-26-19-42-29-27(22-6-5-15-33-18-22)36-39(28(29)30(26)43-32)25-9-7-21(8-10-25)31(41)37(2)23-11-13-24(14-12-23)38-16-3-4-17-38/h5-6,15,18,21,23-25H,3-4,7-14,16-17,19H2,1-2H3,(H,34,35,40). The zero-order valence-corrected chi connectivity index (χ0v) is 25.9. The molecule has 2 aliphatic carbocycles. The monoisotopic (exact) mass is 603 g/mol. The third-order valence-corrected chi connectivity index (χ3v) is 11.0. The van der Waals surface area contributed by atoms with Crippen LogP contribution in [-0.4, -0.2) is 73.6 Å². The lowest BCUT2D eigenvalue weighted by atomic mass is 9.83. The zero-order valence-electron chi connectivity index (χ0n) is 25.1. The number of carbonyl (C=O) groups is 2. The average molecular weight is 604 g/mol. The number of hydrogen-bond donors (Lipinski definition) is 1. The number of carbonyl (C=O) groups excluding carboxylic acids is 2. The molecule has 7 rings (SSSR count). The Morgan fingerprint density at radius 3 is 2.49 bits per heavy atom. The summed E-state index contributed by atoms with van der Waals surface area (Å²) in [5.74, 6) is 0.961. The van der Waals surface area contributed by atoms with Crippen molar-refractivity contribution in [3.05, 3.63) is 30.2 Å². The molecule has 3 aromatic rings. The number of likely N-dealkylation sites (tertiary alicyclic amines) is 1. The first-order valence-electron chi connectivity index (χ1n) is 15.9. The van der Waals surface area contributed by atoms with Crippen LogP contribution in [0.15, 0.2) is 24.5 Å². The van der Waals surface area contributed by atoms with Crippen LogP contribution in [0.5, 0.6) is 5.75 Å². The highest BCUT2D eigenvalue weighted by atomic mass is 32.1. The molecule has 2 amide bonds. The van der Waals surface area contributed by atoms with E-state index in [9.17, 15) is 9.59 Å². The predicted molar refractivity (Wildman–Crippen MR) is 166 cm³/mol. The number of nitrogens with one attached hydrogen (secondary N) is 1. The topological polar surface area (TPSA) is 105 Å². The van der Waals surface area contributed by atoms with Crippen LogP contribution < -0.4 is 10.1 Å². The van der Waals surface area contributed by atoms with Crippen LogP contribution in [0.3, 0.4) is 0 Å². The van der Waals surface area contributed by atoms with E-state index in [-0.39, 0.29) is 17.9 Å². The molecule has 1 saturated heterocycles. The smallest absolute Gasteiger partial charge is 0.225 e. The van der Waals surface area contributed by atoms with Gasteiger partial charge in [0.15, 0.2) is 10.9 Å². The summed E-state index contributed by atoms with van der Waals surface area (Å²) in [7, 11) is 2.04. The lowest BCUT2D eigenvalue weighted by Gasteiger charge is -2.40. The van der Waals surface area contributed by atoms with Crippen LogP contribution >= 0.6 is 11.3 Å². The molecule has 228 valence electrons. The van der Waals surface area contributed by atoms with Crippen molar-refractivity contribution in [3.63, 3.8) is 0 Å². The van der Waals surface area contributed by atoms with E-state index in [1.54, 1.807) is 6.20 Å². The Bertz CT molecular complexity index is 1470. The fourth-order valence-electron chi connectivity index (χ4n) is 7.65. The first-order chi connectivity index (χ1) is 21.0. The number of ether oxygens (including phenoxy) is 1. The van der Waals surface area contributed by atoms with Crippen molar-refractivity contribution in [1.29, 1.82) is 0 Å². The molecule has 2 aliphatic heterocycles. The van der Waals surface area contributed by atoms with Gasteiger partial charge in [0.2, 0.25) is 11.8 Å². The molecule has 43 heavy (non-hydrogen) atoms. The van der Waals surface area contributed by atoms with E-state index in [4.69, 9.17) is 9.84 Å².